The molecule has 0 aliphatic heterocycles. The second kappa shape index (κ2) is 10.1. The van der Waals surface area contributed by atoms with E-state index in [1.54, 1.807) is 17.0 Å². The lowest BCUT2D eigenvalue weighted by molar-refractivity contribution is 0.0523. The Morgan fingerprint density at radius 1 is 0.844 bits per heavy atom. The Morgan fingerprint density at radius 2 is 1.34 bits per heavy atom. The lowest BCUT2D eigenvalue weighted by Gasteiger charge is -2.29. The summed E-state index contributed by atoms with van der Waals surface area (Å²) in [6.45, 7) is 5.79. The van der Waals surface area contributed by atoms with E-state index < -0.39 is 11.7 Å². The van der Waals surface area contributed by atoms with E-state index in [-0.39, 0.29) is 11.9 Å². The molecule has 3 rings (SSSR count). The fourth-order valence-electron chi connectivity index (χ4n) is 3.48. The highest BCUT2D eigenvalue weighted by Gasteiger charge is 2.24. The molecular formula is C27H30N2O3. The van der Waals surface area contributed by atoms with Gasteiger partial charge in [0.05, 0.1) is 6.04 Å². The van der Waals surface area contributed by atoms with E-state index in [9.17, 15) is 9.59 Å². The van der Waals surface area contributed by atoms with Gasteiger partial charge in [-0.1, -0.05) is 72.8 Å². The van der Waals surface area contributed by atoms with Crippen LogP contribution < -0.4 is 5.32 Å². The van der Waals surface area contributed by atoms with E-state index in [0.717, 1.165) is 16.7 Å². The van der Waals surface area contributed by atoms with Crippen LogP contribution in [0.2, 0.25) is 0 Å². The van der Waals surface area contributed by atoms with Crippen molar-refractivity contribution in [2.75, 3.05) is 7.05 Å². The summed E-state index contributed by atoms with van der Waals surface area (Å²) >= 11 is 0. The van der Waals surface area contributed by atoms with Crippen LogP contribution in [-0.2, 0) is 11.3 Å². The normalized spacial score (nSPS) is 11.2. The number of carbonyl (C=O) groups is 2. The Morgan fingerprint density at radius 3 is 1.81 bits per heavy atom. The second-order valence-corrected chi connectivity index (χ2v) is 8.69. The number of ether oxygens (including phenoxy) is 1. The monoisotopic (exact) mass is 430 g/mol. The minimum atomic E-state index is -0.543. The van der Waals surface area contributed by atoms with Crippen LogP contribution in [0, 0.1) is 0 Å². The van der Waals surface area contributed by atoms with Crippen molar-refractivity contribution < 1.29 is 14.3 Å². The zero-order chi connectivity index (χ0) is 23.1. The maximum atomic E-state index is 13.3. The summed E-state index contributed by atoms with van der Waals surface area (Å²) in [6.07, 6.45) is -0.467. The first kappa shape index (κ1) is 23.1. The van der Waals surface area contributed by atoms with E-state index in [0.29, 0.717) is 12.1 Å². The molecule has 166 valence electrons. The number of carbonyl (C=O) groups excluding carboxylic acids is 2. The lowest BCUT2D eigenvalue weighted by atomic mass is 9.96. The Bertz CT molecular complexity index is 987. The quantitative estimate of drug-likeness (QED) is 0.556. The van der Waals surface area contributed by atoms with Gasteiger partial charge in [-0.25, -0.2) is 4.79 Å². The molecular weight excluding hydrogens is 400 g/mol. The number of hydrogen-bond donors (Lipinski definition) is 1. The smallest absolute Gasteiger partial charge is 0.407 e. The van der Waals surface area contributed by atoms with Gasteiger partial charge in [-0.2, -0.15) is 0 Å². The summed E-state index contributed by atoms with van der Waals surface area (Å²) < 4.78 is 5.25. The van der Waals surface area contributed by atoms with Crippen LogP contribution in [0.4, 0.5) is 4.79 Å². The minimum absolute atomic E-state index is 0.0747. The number of hydrogen-bond acceptors (Lipinski definition) is 3. The summed E-state index contributed by atoms with van der Waals surface area (Å²) in [5, 5.41) is 2.73. The molecule has 0 aliphatic carbocycles. The van der Waals surface area contributed by atoms with Crippen LogP contribution in [0.1, 0.15) is 53.9 Å². The van der Waals surface area contributed by atoms with Crippen molar-refractivity contribution in [2.24, 2.45) is 0 Å². The van der Waals surface area contributed by atoms with Gasteiger partial charge in [0.1, 0.15) is 5.60 Å². The third-order valence-electron chi connectivity index (χ3n) is 4.97. The maximum Gasteiger partial charge on any atom is 0.407 e. The molecule has 0 bridgehead atoms. The number of alkyl carbamates (subject to hydrolysis) is 1. The van der Waals surface area contributed by atoms with Crippen LogP contribution in [0.3, 0.4) is 0 Å². The van der Waals surface area contributed by atoms with Gasteiger partial charge in [0, 0.05) is 19.2 Å². The predicted molar refractivity (Wildman–Crippen MR) is 126 cm³/mol. The van der Waals surface area contributed by atoms with Crippen molar-refractivity contribution >= 4 is 12.0 Å². The summed E-state index contributed by atoms with van der Waals surface area (Å²) in [6, 6.07) is 27.1. The van der Waals surface area contributed by atoms with Crippen molar-refractivity contribution in [3.05, 3.63) is 107 Å². The Balaban J connectivity index is 1.73. The van der Waals surface area contributed by atoms with Gasteiger partial charge in [-0.05, 0) is 49.6 Å². The van der Waals surface area contributed by atoms with Gasteiger partial charge in [0.15, 0.2) is 0 Å². The highest BCUT2D eigenvalue weighted by Crippen LogP contribution is 2.28. The van der Waals surface area contributed by atoms with E-state index in [1.165, 1.54) is 0 Å². The Kier molecular flexibility index (Phi) is 7.31. The zero-order valence-corrected chi connectivity index (χ0v) is 19.0. The lowest BCUT2D eigenvalue weighted by Crippen LogP contribution is -2.32. The predicted octanol–water partition coefficient (Wildman–Crippen LogP) is 5.57. The standard InChI is InChI=1S/C27H30N2O3/c1-27(2,3)32-26(31)28-19-20-15-17-23(18-16-20)25(30)29(4)24(21-11-7-5-8-12-21)22-13-9-6-10-14-22/h5-18,24H,19H2,1-4H3,(H,28,31). The topological polar surface area (TPSA) is 58.6 Å². The summed E-state index contributed by atoms with van der Waals surface area (Å²) in [7, 11) is 1.82. The number of rotatable bonds is 6. The molecule has 0 aliphatic rings. The number of benzene rings is 3. The van der Waals surface area contributed by atoms with Gasteiger partial charge in [0.2, 0.25) is 0 Å². The van der Waals surface area contributed by atoms with Crippen molar-refractivity contribution in [2.45, 2.75) is 39.0 Å². The van der Waals surface area contributed by atoms with Crippen molar-refractivity contribution in [3.8, 4) is 0 Å². The number of amides is 2. The SMILES string of the molecule is CN(C(=O)c1ccc(CNC(=O)OC(C)(C)C)cc1)C(c1ccccc1)c1ccccc1. The van der Waals surface area contributed by atoms with E-state index in [2.05, 4.69) is 5.32 Å². The first-order valence-corrected chi connectivity index (χ1v) is 10.7. The van der Waals surface area contributed by atoms with Crippen molar-refractivity contribution in [3.63, 3.8) is 0 Å². The zero-order valence-electron chi connectivity index (χ0n) is 19.0. The van der Waals surface area contributed by atoms with Crippen LogP contribution >= 0.6 is 0 Å². The molecule has 32 heavy (non-hydrogen) atoms. The Labute approximate surface area is 190 Å². The fraction of sp³-hybridized carbons (Fsp3) is 0.259. The van der Waals surface area contributed by atoms with E-state index in [4.69, 9.17) is 4.74 Å². The van der Waals surface area contributed by atoms with Gasteiger partial charge in [-0.3, -0.25) is 4.79 Å². The largest absolute Gasteiger partial charge is 0.444 e. The fourth-order valence-corrected chi connectivity index (χ4v) is 3.48. The number of nitrogens with one attached hydrogen (secondary N) is 1. The van der Waals surface area contributed by atoms with Gasteiger partial charge in [0.25, 0.3) is 5.91 Å². The Hall–Kier alpha value is -3.60. The van der Waals surface area contributed by atoms with Gasteiger partial charge >= 0.3 is 6.09 Å². The molecule has 0 saturated heterocycles. The molecule has 0 radical (unpaired) electrons. The molecule has 0 atom stereocenters. The number of nitrogens with zero attached hydrogens (tertiary/aromatic N) is 1. The van der Waals surface area contributed by atoms with Crippen molar-refractivity contribution in [1.82, 2.24) is 10.2 Å². The molecule has 3 aromatic rings. The van der Waals surface area contributed by atoms with E-state index in [1.807, 2.05) is 101 Å². The average molecular weight is 431 g/mol. The molecule has 0 unspecified atom stereocenters. The summed E-state index contributed by atoms with van der Waals surface area (Å²) in [4.78, 5) is 26.9. The molecule has 0 aromatic heterocycles. The molecule has 0 spiro atoms. The van der Waals surface area contributed by atoms with Crippen LogP contribution in [0.15, 0.2) is 84.9 Å². The highest BCUT2D eigenvalue weighted by molar-refractivity contribution is 5.94. The molecule has 0 heterocycles. The third kappa shape index (κ3) is 6.20. The van der Waals surface area contributed by atoms with Crippen LogP contribution in [0.25, 0.3) is 0 Å². The summed E-state index contributed by atoms with van der Waals surface area (Å²) in [5.41, 5.74) is 3.03. The van der Waals surface area contributed by atoms with Crippen LogP contribution in [0.5, 0.6) is 0 Å². The molecule has 5 nitrogen and oxygen atoms in total. The molecule has 3 aromatic carbocycles. The maximum absolute atomic E-state index is 13.3. The second-order valence-electron chi connectivity index (χ2n) is 8.69. The molecule has 2 amide bonds. The molecule has 1 N–H and O–H groups in total. The summed E-state index contributed by atoms with van der Waals surface area (Å²) in [5.74, 6) is -0.0747. The molecule has 5 heteroatoms. The molecule has 0 saturated carbocycles. The van der Waals surface area contributed by atoms with Crippen LogP contribution in [-0.4, -0.2) is 29.5 Å². The van der Waals surface area contributed by atoms with Gasteiger partial charge in [-0.15, -0.1) is 0 Å². The highest BCUT2D eigenvalue weighted by atomic mass is 16.6. The third-order valence-corrected chi connectivity index (χ3v) is 4.97. The minimum Gasteiger partial charge on any atom is -0.444 e. The van der Waals surface area contributed by atoms with Gasteiger partial charge < -0.3 is 15.0 Å². The van der Waals surface area contributed by atoms with E-state index >= 15 is 0 Å². The average Bonchev–Trinajstić information content (AvgIpc) is 2.78. The first-order chi connectivity index (χ1) is 15.2. The first-order valence-electron chi connectivity index (χ1n) is 10.7. The van der Waals surface area contributed by atoms with Crippen molar-refractivity contribution in [1.29, 1.82) is 0 Å². The molecule has 0 fully saturated rings.